The van der Waals surface area contributed by atoms with E-state index < -0.39 is 0 Å². The van der Waals surface area contributed by atoms with Gasteiger partial charge in [-0.05, 0) is 67.4 Å². The lowest BCUT2D eigenvalue weighted by Gasteiger charge is -2.29. The highest BCUT2D eigenvalue weighted by Gasteiger charge is 2.15. The minimum Gasteiger partial charge on any atom is -0.372 e. The SMILES string of the molecule is C=CCn1c(=S)[nH]c2cc(C(=O)N(C)Cc3ccc(N4CCCCC4)cc3)ccc2c1=O. The molecule has 0 atom stereocenters. The molecule has 1 aliphatic rings. The molecule has 0 aliphatic carbocycles. The van der Waals surface area contributed by atoms with Crippen molar-refractivity contribution in [2.75, 3.05) is 25.0 Å². The number of carbonyl (C=O) groups excluding carboxylic acids is 1. The summed E-state index contributed by atoms with van der Waals surface area (Å²) in [6.45, 7) is 6.74. The van der Waals surface area contributed by atoms with Crippen LogP contribution < -0.4 is 10.5 Å². The van der Waals surface area contributed by atoms with Crippen LogP contribution in [-0.4, -0.2) is 40.5 Å². The van der Waals surface area contributed by atoms with Gasteiger partial charge in [-0.15, -0.1) is 6.58 Å². The van der Waals surface area contributed by atoms with Crippen LogP contribution in [0.1, 0.15) is 35.2 Å². The maximum Gasteiger partial charge on any atom is 0.262 e. The van der Waals surface area contributed by atoms with Crippen LogP contribution in [0.3, 0.4) is 0 Å². The summed E-state index contributed by atoms with van der Waals surface area (Å²) in [4.78, 5) is 32.9. The van der Waals surface area contributed by atoms with E-state index in [9.17, 15) is 9.59 Å². The van der Waals surface area contributed by atoms with Gasteiger partial charge in [-0.3, -0.25) is 14.2 Å². The zero-order valence-electron chi connectivity index (χ0n) is 18.3. The molecule has 6 nitrogen and oxygen atoms in total. The molecule has 0 unspecified atom stereocenters. The Labute approximate surface area is 192 Å². The van der Waals surface area contributed by atoms with Crippen LogP contribution in [-0.2, 0) is 13.1 Å². The number of carbonyl (C=O) groups is 1. The molecular formula is C25H28N4O2S. The van der Waals surface area contributed by atoms with Crippen LogP contribution in [0.25, 0.3) is 10.9 Å². The number of anilines is 1. The van der Waals surface area contributed by atoms with Crippen molar-refractivity contribution in [2.45, 2.75) is 32.4 Å². The summed E-state index contributed by atoms with van der Waals surface area (Å²) < 4.78 is 1.76. The zero-order valence-corrected chi connectivity index (χ0v) is 19.2. The minimum absolute atomic E-state index is 0.110. The van der Waals surface area contributed by atoms with Gasteiger partial charge in [0.25, 0.3) is 11.5 Å². The first-order chi connectivity index (χ1) is 15.5. The van der Waals surface area contributed by atoms with Crippen molar-refractivity contribution < 1.29 is 4.79 Å². The predicted molar refractivity (Wildman–Crippen MR) is 132 cm³/mol. The van der Waals surface area contributed by atoms with Crippen molar-refractivity contribution in [3.05, 3.63) is 81.4 Å². The van der Waals surface area contributed by atoms with E-state index in [4.69, 9.17) is 12.2 Å². The highest BCUT2D eigenvalue weighted by Crippen LogP contribution is 2.21. The topological polar surface area (TPSA) is 61.3 Å². The Morgan fingerprint density at radius 3 is 2.56 bits per heavy atom. The third-order valence-electron chi connectivity index (χ3n) is 5.96. The van der Waals surface area contributed by atoms with E-state index in [1.165, 1.54) is 29.5 Å². The Hall–Kier alpha value is -3.19. The van der Waals surface area contributed by atoms with E-state index in [-0.39, 0.29) is 11.5 Å². The molecule has 4 rings (SSSR count). The number of H-pyrrole nitrogens is 1. The van der Waals surface area contributed by atoms with Gasteiger partial charge in [0.1, 0.15) is 0 Å². The molecule has 2 heterocycles. The number of piperidine rings is 1. The lowest BCUT2D eigenvalue weighted by molar-refractivity contribution is 0.0785. The van der Waals surface area contributed by atoms with E-state index in [0.717, 1.165) is 18.7 Å². The molecule has 1 aromatic heterocycles. The molecule has 32 heavy (non-hydrogen) atoms. The Balaban J connectivity index is 1.51. The van der Waals surface area contributed by atoms with E-state index in [1.54, 1.807) is 36.2 Å². The monoisotopic (exact) mass is 448 g/mol. The Morgan fingerprint density at radius 1 is 1.16 bits per heavy atom. The number of nitrogens with one attached hydrogen (secondary N) is 1. The second-order valence-corrected chi connectivity index (χ2v) is 8.66. The molecule has 0 saturated carbocycles. The fourth-order valence-electron chi connectivity index (χ4n) is 4.21. The first-order valence-electron chi connectivity index (χ1n) is 10.9. The van der Waals surface area contributed by atoms with Crippen molar-refractivity contribution in [3.63, 3.8) is 0 Å². The average molecular weight is 449 g/mol. The number of rotatable bonds is 6. The van der Waals surface area contributed by atoms with Gasteiger partial charge in [-0.2, -0.15) is 0 Å². The summed E-state index contributed by atoms with van der Waals surface area (Å²) in [6.07, 6.45) is 5.43. The summed E-state index contributed by atoms with van der Waals surface area (Å²) in [7, 11) is 1.79. The molecule has 3 aromatic rings. The summed E-state index contributed by atoms with van der Waals surface area (Å²) >= 11 is 5.30. The molecule has 2 aromatic carbocycles. The fourth-order valence-corrected chi connectivity index (χ4v) is 4.48. The quantitative estimate of drug-likeness (QED) is 0.445. The molecule has 0 spiro atoms. The summed E-state index contributed by atoms with van der Waals surface area (Å²) in [6, 6.07) is 13.5. The first-order valence-corrected chi connectivity index (χ1v) is 11.4. The molecule has 0 bridgehead atoms. The van der Waals surface area contributed by atoms with Gasteiger partial charge >= 0.3 is 0 Å². The predicted octanol–water partition coefficient (Wildman–Crippen LogP) is 4.51. The van der Waals surface area contributed by atoms with Gasteiger partial charge in [0, 0.05) is 44.5 Å². The highest BCUT2D eigenvalue weighted by molar-refractivity contribution is 7.71. The highest BCUT2D eigenvalue weighted by atomic mass is 32.1. The van der Waals surface area contributed by atoms with Gasteiger partial charge in [0.2, 0.25) is 0 Å². The molecular weight excluding hydrogens is 420 g/mol. The number of fused-ring (bicyclic) bond motifs is 1. The minimum atomic E-state index is -0.190. The largest absolute Gasteiger partial charge is 0.372 e. The number of hydrogen-bond donors (Lipinski definition) is 1. The molecule has 166 valence electrons. The summed E-state index contributed by atoms with van der Waals surface area (Å²) in [5.74, 6) is -0.110. The van der Waals surface area contributed by atoms with Gasteiger partial charge in [-0.1, -0.05) is 18.2 Å². The van der Waals surface area contributed by atoms with Gasteiger partial charge < -0.3 is 14.8 Å². The smallest absolute Gasteiger partial charge is 0.262 e. The lowest BCUT2D eigenvalue weighted by Crippen LogP contribution is -2.29. The maximum atomic E-state index is 13.0. The van der Waals surface area contributed by atoms with E-state index >= 15 is 0 Å². The number of aromatic nitrogens is 2. The van der Waals surface area contributed by atoms with E-state index in [0.29, 0.717) is 34.3 Å². The van der Waals surface area contributed by atoms with Gasteiger partial charge in [0.05, 0.1) is 10.9 Å². The number of amides is 1. The molecule has 1 amide bonds. The van der Waals surface area contributed by atoms with Crippen LogP contribution >= 0.6 is 12.2 Å². The van der Waals surface area contributed by atoms with Crippen molar-refractivity contribution in [1.29, 1.82) is 0 Å². The third kappa shape index (κ3) is 4.53. The third-order valence-corrected chi connectivity index (χ3v) is 6.29. The fraction of sp³-hybridized carbons (Fsp3) is 0.320. The number of nitrogens with zero attached hydrogens (tertiary/aromatic N) is 3. The van der Waals surface area contributed by atoms with Crippen molar-refractivity contribution >= 4 is 34.7 Å². The molecule has 0 radical (unpaired) electrons. The standard InChI is InChI=1S/C25H28N4O2S/c1-3-13-29-24(31)21-12-9-19(16-22(21)26-25(29)32)23(30)27(2)17-18-7-10-20(11-8-18)28-14-5-4-6-15-28/h3,7-12,16H,1,4-6,13-15,17H2,2H3,(H,26,32). The zero-order chi connectivity index (χ0) is 22.7. The van der Waals surface area contributed by atoms with Gasteiger partial charge in [0.15, 0.2) is 4.77 Å². The first kappa shape index (κ1) is 22.0. The lowest BCUT2D eigenvalue weighted by atomic mass is 10.1. The maximum absolute atomic E-state index is 13.0. The average Bonchev–Trinajstić information content (AvgIpc) is 2.82. The van der Waals surface area contributed by atoms with Gasteiger partial charge in [-0.25, -0.2) is 0 Å². The summed E-state index contributed by atoms with van der Waals surface area (Å²) in [5, 5.41) is 0.493. The number of aromatic amines is 1. The Morgan fingerprint density at radius 2 is 1.88 bits per heavy atom. The molecule has 1 N–H and O–H groups in total. The van der Waals surface area contributed by atoms with E-state index in [2.05, 4.69) is 40.7 Å². The number of hydrogen-bond acceptors (Lipinski definition) is 4. The van der Waals surface area contributed by atoms with Crippen molar-refractivity contribution in [3.8, 4) is 0 Å². The summed E-state index contributed by atoms with van der Waals surface area (Å²) in [5.41, 5.74) is 3.20. The molecule has 1 fully saturated rings. The Bertz CT molecular complexity index is 1250. The molecule has 1 saturated heterocycles. The van der Waals surface area contributed by atoms with Crippen molar-refractivity contribution in [2.24, 2.45) is 0 Å². The van der Waals surface area contributed by atoms with Crippen LogP contribution in [0, 0.1) is 4.77 Å². The Kier molecular flexibility index (Phi) is 6.55. The number of allylic oxidation sites excluding steroid dienone is 1. The van der Waals surface area contributed by atoms with Crippen LogP contribution in [0.2, 0.25) is 0 Å². The van der Waals surface area contributed by atoms with Crippen LogP contribution in [0.4, 0.5) is 5.69 Å². The molecule has 1 aliphatic heterocycles. The second-order valence-electron chi connectivity index (χ2n) is 8.27. The van der Waals surface area contributed by atoms with Crippen LogP contribution in [0.5, 0.6) is 0 Å². The normalized spacial score (nSPS) is 13.8. The second kappa shape index (κ2) is 9.53. The van der Waals surface area contributed by atoms with Crippen molar-refractivity contribution in [1.82, 2.24) is 14.5 Å². The van der Waals surface area contributed by atoms with Crippen LogP contribution in [0.15, 0.2) is 59.9 Å². The van der Waals surface area contributed by atoms with E-state index in [1.807, 2.05) is 0 Å². The number of benzene rings is 2. The molecule has 7 heteroatoms.